The summed E-state index contributed by atoms with van der Waals surface area (Å²) in [5.41, 5.74) is 1.11. The van der Waals surface area contributed by atoms with E-state index in [1.807, 2.05) is 12.1 Å². The van der Waals surface area contributed by atoms with Crippen LogP contribution in [0.25, 0.3) is 6.08 Å². The predicted octanol–water partition coefficient (Wildman–Crippen LogP) is 4.26. The standard InChI is InChI=1S/C18H14BrNO3/c1-22-16-10-17(23-2)15(19)9-13(16)8-14(11-20)18(21)12-6-4-3-5-7-12/h3-10H,1-2H3/b14-8+. The first-order valence-electron chi connectivity index (χ1n) is 6.73. The summed E-state index contributed by atoms with van der Waals surface area (Å²) < 4.78 is 11.2. The van der Waals surface area contributed by atoms with Gasteiger partial charge in [0.15, 0.2) is 0 Å². The highest BCUT2D eigenvalue weighted by Gasteiger charge is 2.14. The van der Waals surface area contributed by atoms with Gasteiger partial charge in [0.05, 0.1) is 18.7 Å². The molecule has 0 saturated carbocycles. The monoisotopic (exact) mass is 371 g/mol. The lowest BCUT2D eigenvalue weighted by Crippen LogP contribution is -2.02. The highest BCUT2D eigenvalue weighted by Crippen LogP contribution is 2.34. The van der Waals surface area contributed by atoms with Gasteiger partial charge in [-0.25, -0.2) is 0 Å². The molecule has 0 unspecified atom stereocenters. The fraction of sp³-hybridized carbons (Fsp3) is 0.111. The molecule has 2 rings (SSSR count). The van der Waals surface area contributed by atoms with Gasteiger partial charge >= 0.3 is 0 Å². The number of rotatable bonds is 5. The van der Waals surface area contributed by atoms with Gasteiger partial charge in [-0.05, 0) is 28.1 Å². The van der Waals surface area contributed by atoms with Crippen molar-refractivity contribution >= 4 is 27.8 Å². The second kappa shape index (κ2) is 7.61. The largest absolute Gasteiger partial charge is 0.496 e. The molecular weight excluding hydrogens is 358 g/mol. The summed E-state index contributed by atoms with van der Waals surface area (Å²) in [6.45, 7) is 0. The summed E-state index contributed by atoms with van der Waals surface area (Å²) in [4.78, 5) is 12.4. The summed E-state index contributed by atoms with van der Waals surface area (Å²) in [6.07, 6.45) is 1.51. The number of methoxy groups -OCH3 is 2. The third-order valence-corrected chi connectivity index (χ3v) is 3.82. The molecule has 0 fully saturated rings. The molecule has 116 valence electrons. The van der Waals surface area contributed by atoms with E-state index >= 15 is 0 Å². The van der Waals surface area contributed by atoms with Crippen LogP contribution in [0.1, 0.15) is 15.9 Å². The lowest BCUT2D eigenvalue weighted by Gasteiger charge is -2.10. The molecule has 0 radical (unpaired) electrons. The molecule has 0 aliphatic heterocycles. The number of nitrogens with zero attached hydrogens (tertiary/aromatic N) is 1. The average Bonchev–Trinajstić information content (AvgIpc) is 2.60. The Morgan fingerprint density at radius 2 is 1.78 bits per heavy atom. The molecule has 0 aliphatic rings. The Bertz CT molecular complexity index is 792. The van der Waals surface area contributed by atoms with E-state index in [0.717, 1.165) is 0 Å². The maximum atomic E-state index is 12.4. The number of carbonyl (C=O) groups excluding carboxylic acids is 1. The van der Waals surface area contributed by atoms with E-state index in [2.05, 4.69) is 15.9 Å². The SMILES string of the molecule is COc1cc(OC)c(/C=C(\C#N)C(=O)c2ccccc2)cc1Br. The van der Waals surface area contributed by atoms with Gasteiger partial charge in [-0.3, -0.25) is 4.79 Å². The zero-order chi connectivity index (χ0) is 16.8. The normalized spacial score (nSPS) is 10.8. The van der Waals surface area contributed by atoms with Gasteiger partial charge in [-0.15, -0.1) is 0 Å². The maximum Gasteiger partial charge on any atom is 0.203 e. The highest BCUT2D eigenvalue weighted by atomic mass is 79.9. The van der Waals surface area contributed by atoms with Crippen molar-refractivity contribution in [3.8, 4) is 17.6 Å². The second-order valence-corrected chi connectivity index (χ2v) is 5.45. The van der Waals surface area contributed by atoms with E-state index in [1.54, 1.807) is 43.5 Å². The minimum Gasteiger partial charge on any atom is -0.496 e. The molecule has 0 saturated heterocycles. The van der Waals surface area contributed by atoms with Crippen molar-refractivity contribution in [2.45, 2.75) is 0 Å². The molecule has 0 atom stereocenters. The third-order valence-electron chi connectivity index (χ3n) is 3.21. The predicted molar refractivity (Wildman–Crippen MR) is 91.6 cm³/mol. The Morgan fingerprint density at radius 1 is 1.13 bits per heavy atom. The van der Waals surface area contributed by atoms with Gasteiger partial charge in [0.2, 0.25) is 5.78 Å². The smallest absolute Gasteiger partial charge is 0.203 e. The molecule has 5 heteroatoms. The van der Waals surface area contributed by atoms with E-state index in [4.69, 9.17) is 9.47 Å². The zero-order valence-electron chi connectivity index (χ0n) is 12.7. The van der Waals surface area contributed by atoms with Gasteiger partial charge in [0, 0.05) is 17.2 Å². The zero-order valence-corrected chi connectivity index (χ0v) is 14.3. The van der Waals surface area contributed by atoms with Crippen LogP contribution in [0.3, 0.4) is 0 Å². The Kier molecular flexibility index (Phi) is 5.56. The van der Waals surface area contributed by atoms with Gasteiger partial charge < -0.3 is 9.47 Å². The Labute approximate surface area is 143 Å². The summed E-state index contributed by atoms with van der Waals surface area (Å²) in [6, 6.07) is 14.1. The van der Waals surface area contributed by atoms with Crippen LogP contribution in [-0.2, 0) is 0 Å². The van der Waals surface area contributed by atoms with Crippen LogP contribution < -0.4 is 9.47 Å². The molecule has 2 aromatic carbocycles. The molecule has 4 nitrogen and oxygen atoms in total. The number of nitriles is 1. The van der Waals surface area contributed by atoms with Crippen LogP contribution >= 0.6 is 15.9 Å². The van der Waals surface area contributed by atoms with Crippen LogP contribution in [0.4, 0.5) is 0 Å². The van der Waals surface area contributed by atoms with E-state index < -0.39 is 0 Å². The number of hydrogen-bond acceptors (Lipinski definition) is 4. The van der Waals surface area contributed by atoms with E-state index in [9.17, 15) is 10.1 Å². The maximum absolute atomic E-state index is 12.4. The van der Waals surface area contributed by atoms with Gasteiger partial charge in [-0.1, -0.05) is 30.3 Å². The van der Waals surface area contributed by atoms with E-state index in [1.165, 1.54) is 13.2 Å². The first-order valence-corrected chi connectivity index (χ1v) is 7.53. The van der Waals surface area contributed by atoms with Gasteiger partial charge in [0.1, 0.15) is 23.1 Å². The van der Waals surface area contributed by atoms with Crippen LogP contribution in [0.2, 0.25) is 0 Å². The van der Waals surface area contributed by atoms with Crippen LogP contribution in [0, 0.1) is 11.3 Å². The fourth-order valence-electron chi connectivity index (χ4n) is 2.05. The van der Waals surface area contributed by atoms with Crippen molar-refractivity contribution < 1.29 is 14.3 Å². The van der Waals surface area contributed by atoms with Crippen molar-refractivity contribution in [2.24, 2.45) is 0 Å². The molecular formula is C18H14BrNO3. The number of Topliss-reactive ketones (excluding diaryl/α,β-unsaturated/α-hetero) is 1. The number of carbonyl (C=O) groups is 1. The molecule has 0 amide bonds. The quantitative estimate of drug-likeness (QED) is 0.447. The number of ether oxygens (including phenoxy) is 2. The number of ketones is 1. The Hall–Kier alpha value is -2.58. The van der Waals surface area contributed by atoms with Crippen molar-refractivity contribution in [1.82, 2.24) is 0 Å². The molecule has 0 aromatic heterocycles. The van der Waals surface area contributed by atoms with Crippen molar-refractivity contribution in [3.05, 3.63) is 63.6 Å². The first-order chi connectivity index (χ1) is 11.1. The minimum atomic E-state index is -0.331. The van der Waals surface area contributed by atoms with E-state index in [-0.39, 0.29) is 11.4 Å². The molecule has 0 N–H and O–H groups in total. The Balaban J connectivity index is 2.48. The molecule has 0 spiro atoms. The van der Waals surface area contributed by atoms with Crippen LogP contribution in [-0.4, -0.2) is 20.0 Å². The number of halogens is 1. The number of allylic oxidation sites excluding steroid dienone is 1. The van der Waals surface area contributed by atoms with Crippen molar-refractivity contribution in [3.63, 3.8) is 0 Å². The van der Waals surface area contributed by atoms with Gasteiger partial charge in [0.25, 0.3) is 0 Å². The van der Waals surface area contributed by atoms with Gasteiger partial charge in [-0.2, -0.15) is 5.26 Å². The first kappa shape index (κ1) is 16.8. The minimum absolute atomic E-state index is 0.0339. The number of hydrogen-bond donors (Lipinski definition) is 0. The van der Waals surface area contributed by atoms with E-state index in [0.29, 0.717) is 27.1 Å². The van der Waals surface area contributed by atoms with Crippen LogP contribution in [0.15, 0.2) is 52.5 Å². The number of benzene rings is 2. The van der Waals surface area contributed by atoms with Crippen molar-refractivity contribution in [1.29, 1.82) is 5.26 Å². The second-order valence-electron chi connectivity index (χ2n) is 4.59. The molecule has 2 aromatic rings. The summed E-state index contributed by atoms with van der Waals surface area (Å²) >= 11 is 3.39. The molecule has 23 heavy (non-hydrogen) atoms. The molecule has 0 heterocycles. The lowest BCUT2D eigenvalue weighted by molar-refractivity contribution is 0.104. The third kappa shape index (κ3) is 3.79. The average molecular weight is 372 g/mol. The summed E-state index contributed by atoms with van der Waals surface area (Å²) in [7, 11) is 3.07. The Morgan fingerprint density at radius 3 is 2.35 bits per heavy atom. The molecule has 0 aliphatic carbocycles. The fourth-order valence-corrected chi connectivity index (χ4v) is 2.57. The summed E-state index contributed by atoms with van der Waals surface area (Å²) in [5, 5.41) is 9.34. The highest BCUT2D eigenvalue weighted by molar-refractivity contribution is 9.10. The van der Waals surface area contributed by atoms with Crippen molar-refractivity contribution in [2.75, 3.05) is 14.2 Å². The lowest BCUT2D eigenvalue weighted by atomic mass is 10.0. The molecule has 0 bridgehead atoms. The topological polar surface area (TPSA) is 59.3 Å². The van der Waals surface area contributed by atoms with Crippen LogP contribution in [0.5, 0.6) is 11.5 Å². The summed E-state index contributed by atoms with van der Waals surface area (Å²) in [5.74, 6) is 0.785.